The Labute approximate surface area is 101 Å². The van der Waals surface area contributed by atoms with E-state index in [9.17, 15) is 4.79 Å². The lowest BCUT2D eigenvalue weighted by Crippen LogP contribution is -2.31. The van der Waals surface area contributed by atoms with E-state index >= 15 is 0 Å². The van der Waals surface area contributed by atoms with E-state index in [2.05, 4.69) is 10.5 Å². The fourth-order valence-corrected chi connectivity index (χ4v) is 1.43. The Morgan fingerprint density at radius 1 is 1.59 bits per heavy atom. The van der Waals surface area contributed by atoms with Gasteiger partial charge in [-0.2, -0.15) is 0 Å². The van der Waals surface area contributed by atoms with Crippen molar-refractivity contribution in [3.05, 3.63) is 11.8 Å². The van der Waals surface area contributed by atoms with Gasteiger partial charge in [-0.25, -0.2) is 0 Å². The molecule has 0 unspecified atom stereocenters. The summed E-state index contributed by atoms with van der Waals surface area (Å²) in [6, 6.07) is 1.67. The van der Waals surface area contributed by atoms with Crippen molar-refractivity contribution < 1.29 is 14.4 Å². The minimum absolute atomic E-state index is 0.121. The molecule has 1 aromatic heterocycles. The SMILES string of the molecule is Cc1cc(NC(=O)CN(C)CCCCO)no1. The van der Waals surface area contributed by atoms with Crippen LogP contribution >= 0.6 is 0 Å². The van der Waals surface area contributed by atoms with Gasteiger partial charge in [0.05, 0.1) is 6.54 Å². The van der Waals surface area contributed by atoms with E-state index in [-0.39, 0.29) is 12.5 Å². The van der Waals surface area contributed by atoms with Gasteiger partial charge in [-0.05, 0) is 33.4 Å². The van der Waals surface area contributed by atoms with E-state index in [0.29, 0.717) is 18.1 Å². The molecule has 0 aromatic carbocycles. The summed E-state index contributed by atoms with van der Waals surface area (Å²) in [7, 11) is 1.87. The average Bonchev–Trinajstić information content (AvgIpc) is 2.64. The third kappa shape index (κ3) is 5.46. The first-order valence-electron chi connectivity index (χ1n) is 5.64. The standard InChI is InChI=1S/C11H19N3O3/c1-9-7-10(13-17-9)12-11(16)8-14(2)5-3-4-6-15/h7,15H,3-6,8H2,1-2H3,(H,12,13,16). The lowest BCUT2D eigenvalue weighted by molar-refractivity contribution is -0.117. The molecule has 96 valence electrons. The summed E-state index contributed by atoms with van der Waals surface area (Å²) in [4.78, 5) is 13.5. The van der Waals surface area contributed by atoms with Gasteiger partial charge in [0, 0.05) is 12.7 Å². The van der Waals surface area contributed by atoms with Crippen LogP contribution in [0.15, 0.2) is 10.6 Å². The van der Waals surface area contributed by atoms with E-state index in [4.69, 9.17) is 9.63 Å². The molecule has 6 nitrogen and oxygen atoms in total. The summed E-state index contributed by atoms with van der Waals surface area (Å²) in [5.41, 5.74) is 0. The van der Waals surface area contributed by atoms with E-state index in [1.807, 2.05) is 11.9 Å². The number of amides is 1. The highest BCUT2D eigenvalue weighted by Gasteiger charge is 2.08. The van der Waals surface area contributed by atoms with E-state index < -0.39 is 0 Å². The second kappa shape index (κ2) is 7.03. The molecule has 17 heavy (non-hydrogen) atoms. The van der Waals surface area contributed by atoms with Crippen LogP contribution in [0.2, 0.25) is 0 Å². The van der Waals surface area contributed by atoms with Gasteiger partial charge in [0.1, 0.15) is 5.76 Å². The van der Waals surface area contributed by atoms with Crippen LogP contribution in [0.3, 0.4) is 0 Å². The fourth-order valence-electron chi connectivity index (χ4n) is 1.43. The maximum atomic E-state index is 11.6. The summed E-state index contributed by atoms with van der Waals surface area (Å²) in [5.74, 6) is 0.984. The number of aryl methyl sites for hydroxylation is 1. The fraction of sp³-hybridized carbons (Fsp3) is 0.636. The Morgan fingerprint density at radius 2 is 2.35 bits per heavy atom. The monoisotopic (exact) mass is 241 g/mol. The number of carbonyl (C=O) groups excluding carboxylic acids is 1. The van der Waals surface area contributed by atoms with Crippen molar-refractivity contribution in [1.82, 2.24) is 10.1 Å². The van der Waals surface area contributed by atoms with Crippen molar-refractivity contribution in [3.63, 3.8) is 0 Å². The second-order valence-corrected chi connectivity index (χ2v) is 4.04. The molecule has 6 heteroatoms. The summed E-state index contributed by atoms with van der Waals surface area (Å²) in [6.45, 7) is 3.05. The minimum atomic E-state index is -0.121. The number of aliphatic hydroxyl groups excluding tert-OH is 1. The van der Waals surface area contributed by atoms with Gasteiger partial charge in [0.2, 0.25) is 5.91 Å². The summed E-state index contributed by atoms with van der Waals surface area (Å²) < 4.78 is 4.84. The Bertz CT molecular complexity index is 351. The molecular weight excluding hydrogens is 222 g/mol. The molecule has 0 atom stereocenters. The van der Waals surface area contributed by atoms with Crippen molar-refractivity contribution >= 4 is 11.7 Å². The van der Waals surface area contributed by atoms with Crippen molar-refractivity contribution in [2.45, 2.75) is 19.8 Å². The molecule has 1 rings (SSSR count). The molecule has 0 bridgehead atoms. The van der Waals surface area contributed by atoms with Crippen molar-refractivity contribution in [3.8, 4) is 0 Å². The minimum Gasteiger partial charge on any atom is -0.396 e. The molecular formula is C11H19N3O3. The Morgan fingerprint density at radius 3 is 2.94 bits per heavy atom. The van der Waals surface area contributed by atoms with Crippen LogP contribution < -0.4 is 5.32 Å². The Hall–Kier alpha value is -1.40. The number of aliphatic hydroxyl groups is 1. The van der Waals surface area contributed by atoms with Crippen LogP contribution in [0.4, 0.5) is 5.82 Å². The maximum absolute atomic E-state index is 11.6. The Kier molecular flexibility index (Phi) is 5.65. The predicted molar refractivity (Wildman–Crippen MR) is 63.7 cm³/mol. The molecule has 0 aliphatic heterocycles. The molecule has 0 spiro atoms. The number of hydrogen-bond donors (Lipinski definition) is 2. The number of rotatable bonds is 7. The molecule has 0 saturated carbocycles. The lowest BCUT2D eigenvalue weighted by Gasteiger charge is -2.14. The molecule has 1 heterocycles. The van der Waals surface area contributed by atoms with Gasteiger partial charge in [-0.3, -0.25) is 9.69 Å². The number of likely N-dealkylation sites (N-methyl/N-ethyl adjacent to an activating group) is 1. The zero-order valence-electron chi connectivity index (χ0n) is 10.3. The number of anilines is 1. The van der Waals surface area contributed by atoms with Gasteiger partial charge in [0.15, 0.2) is 5.82 Å². The quantitative estimate of drug-likeness (QED) is 0.684. The van der Waals surface area contributed by atoms with Crippen LogP contribution in [0.25, 0.3) is 0 Å². The van der Waals surface area contributed by atoms with Gasteiger partial charge in [-0.15, -0.1) is 0 Å². The average molecular weight is 241 g/mol. The van der Waals surface area contributed by atoms with Crippen molar-refractivity contribution in [2.24, 2.45) is 0 Å². The molecule has 1 aromatic rings. The molecule has 0 aliphatic carbocycles. The molecule has 0 fully saturated rings. The number of hydrogen-bond acceptors (Lipinski definition) is 5. The van der Waals surface area contributed by atoms with E-state index in [0.717, 1.165) is 19.4 Å². The third-order valence-corrected chi connectivity index (χ3v) is 2.26. The maximum Gasteiger partial charge on any atom is 0.239 e. The van der Waals surface area contributed by atoms with Crippen LogP contribution in [0.5, 0.6) is 0 Å². The molecule has 0 saturated heterocycles. The van der Waals surface area contributed by atoms with Crippen LogP contribution in [-0.2, 0) is 4.79 Å². The number of aromatic nitrogens is 1. The van der Waals surface area contributed by atoms with Gasteiger partial charge < -0.3 is 14.9 Å². The predicted octanol–water partition coefficient (Wildman–Crippen LogP) is 0.626. The number of carbonyl (C=O) groups is 1. The lowest BCUT2D eigenvalue weighted by atomic mass is 10.3. The number of nitrogens with zero attached hydrogens (tertiary/aromatic N) is 2. The first-order valence-corrected chi connectivity index (χ1v) is 5.64. The van der Waals surface area contributed by atoms with Crippen molar-refractivity contribution in [2.75, 3.05) is 32.1 Å². The number of unbranched alkanes of at least 4 members (excludes halogenated alkanes) is 1. The van der Waals surface area contributed by atoms with Crippen LogP contribution in [-0.4, -0.2) is 47.8 Å². The highest BCUT2D eigenvalue weighted by Crippen LogP contribution is 2.06. The van der Waals surface area contributed by atoms with E-state index in [1.165, 1.54) is 0 Å². The topological polar surface area (TPSA) is 78.6 Å². The summed E-state index contributed by atoms with van der Waals surface area (Å²) >= 11 is 0. The zero-order chi connectivity index (χ0) is 12.7. The summed E-state index contributed by atoms with van der Waals surface area (Å²) in [5, 5.41) is 15.0. The van der Waals surface area contributed by atoms with E-state index in [1.54, 1.807) is 13.0 Å². The second-order valence-electron chi connectivity index (χ2n) is 4.04. The number of nitrogens with one attached hydrogen (secondary N) is 1. The van der Waals surface area contributed by atoms with Gasteiger partial charge in [0.25, 0.3) is 0 Å². The molecule has 0 aliphatic rings. The highest BCUT2D eigenvalue weighted by atomic mass is 16.5. The smallest absolute Gasteiger partial charge is 0.239 e. The van der Waals surface area contributed by atoms with Gasteiger partial charge >= 0.3 is 0 Å². The molecule has 0 radical (unpaired) electrons. The third-order valence-electron chi connectivity index (χ3n) is 2.26. The zero-order valence-corrected chi connectivity index (χ0v) is 10.3. The van der Waals surface area contributed by atoms with Crippen LogP contribution in [0, 0.1) is 6.92 Å². The van der Waals surface area contributed by atoms with Crippen molar-refractivity contribution in [1.29, 1.82) is 0 Å². The largest absolute Gasteiger partial charge is 0.396 e. The summed E-state index contributed by atoms with van der Waals surface area (Å²) in [6.07, 6.45) is 1.64. The first-order chi connectivity index (χ1) is 8.11. The molecule has 2 N–H and O–H groups in total. The normalized spacial score (nSPS) is 10.8. The Balaban J connectivity index is 2.24. The van der Waals surface area contributed by atoms with Crippen LogP contribution in [0.1, 0.15) is 18.6 Å². The van der Waals surface area contributed by atoms with Gasteiger partial charge in [-0.1, -0.05) is 5.16 Å². The highest BCUT2D eigenvalue weighted by molar-refractivity contribution is 5.91. The first kappa shape index (κ1) is 13.7. The molecule has 1 amide bonds.